The fourth-order valence-electron chi connectivity index (χ4n) is 3.47. The van der Waals surface area contributed by atoms with E-state index in [1.807, 2.05) is 32.0 Å². The first-order chi connectivity index (χ1) is 14.9. The SMILES string of the molecule is CCCCOCCCN1C(=O)C(Nc2cccc(C)c2C)=C(c2ccc(Cl)cc2)C1=O. The van der Waals surface area contributed by atoms with Gasteiger partial charge in [-0.15, -0.1) is 0 Å². The van der Waals surface area contributed by atoms with Gasteiger partial charge in [-0.3, -0.25) is 14.5 Å². The third-order valence-electron chi connectivity index (χ3n) is 5.48. The van der Waals surface area contributed by atoms with Gasteiger partial charge in [0.05, 0.1) is 5.57 Å². The zero-order chi connectivity index (χ0) is 22.4. The molecule has 2 aromatic carbocycles. The van der Waals surface area contributed by atoms with Crippen molar-refractivity contribution in [2.75, 3.05) is 25.1 Å². The van der Waals surface area contributed by atoms with Crippen LogP contribution in [0.2, 0.25) is 5.02 Å². The second kappa shape index (κ2) is 10.6. The van der Waals surface area contributed by atoms with Gasteiger partial charge in [0.25, 0.3) is 11.8 Å². The van der Waals surface area contributed by atoms with E-state index in [9.17, 15) is 9.59 Å². The predicted molar refractivity (Wildman–Crippen MR) is 125 cm³/mol. The van der Waals surface area contributed by atoms with Gasteiger partial charge in [0, 0.05) is 30.5 Å². The van der Waals surface area contributed by atoms with E-state index in [1.54, 1.807) is 24.3 Å². The van der Waals surface area contributed by atoms with Crippen molar-refractivity contribution in [3.05, 3.63) is 69.9 Å². The number of carbonyl (C=O) groups excluding carboxylic acids is 2. The summed E-state index contributed by atoms with van der Waals surface area (Å²) in [5, 5.41) is 3.82. The van der Waals surface area contributed by atoms with E-state index < -0.39 is 0 Å². The Kier molecular flexibility index (Phi) is 7.88. The van der Waals surface area contributed by atoms with Crippen LogP contribution in [0.5, 0.6) is 0 Å². The zero-order valence-corrected chi connectivity index (χ0v) is 19.1. The predicted octanol–water partition coefficient (Wildman–Crippen LogP) is 5.36. The molecule has 0 saturated carbocycles. The molecule has 0 radical (unpaired) electrons. The summed E-state index contributed by atoms with van der Waals surface area (Å²) >= 11 is 6.03. The minimum absolute atomic E-state index is 0.298. The zero-order valence-electron chi connectivity index (χ0n) is 18.3. The molecule has 3 rings (SSSR count). The maximum Gasteiger partial charge on any atom is 0.278 e. The molecule has 1 aliphatic heterocycles. The number of amides is 2. The van der Waals surface area contributed by atoms with Gasteiger partial charge < -0.3 is 10.1 Å². The number of anilines is 1. The summed E-state index contributed by atoms with van der Waals surface area (Å²) in [6.45, 7) is 7.66. The topological polar surface area (TPSA) is 58.6 Å². The second-order valence-electron chi connectivity index (χ2n) is 7.71. The Morgan fingerprint density at radius 2 is 1.68 bits per heavy atom. The average molecular weight is 441 g/mol. The van der Waals surface area contributed by atoms with Gasteiger partial charge in [0.2, 0.25) is 0 Å². The molecule has 1 heterocycles. The fraction of sp³-hybridized carbons (Fsp3) is 0.360. The molecule has 1 aliphatic rings. The maximum atomic E-state index is 13.3. The standard InChI is InChI=1S/C25H29ClN2O3/c1-4-5-15-31-16-7-14-28-24(29)22(19-10-12-20(26)13-11-19)23(25(28)30)27-21-9-6-8-17(2)18(21)3/h6,8-13,27H,4-5,7,14-16H2,1-3H3. The molecule has 1 N–H and O–H groups in total. The lowest BCUT2D eigenvalue weighted by atomic mass is 10.0. The van der Waals surface area contributed by atoms with Crippen molar-refractivity contribution < 1.29 is 14.3 Å². The van der Waals surface area contributed by atoms with E-state index in [0.717, 1.165) is 29.7 Å². The van der Waals surface area contributed by atoms with Gasteiger partial charge in [0.1, 0.15) is 5.70 Å². The molecule has 0 spiro atoms. The molecule has 2 amide bonds. The number of unbranched alkanes of at least 4 members (excludes halogenated alkanes) is 1. The molecule has 5 nitrogen and oxygen atoms in total. The van der Waals surface area contributed by atoms with Crippen LogP contribution in [0.15, 0.2) is 48.2 Å². The average Bonchev–Trinajstić information content (AvgIpc) is 2.98. The molecule has 2 aromatic rings. The Bertz CT molecular complexity index is 983. The highest BCUT2D eigenvalue weighted by atomic mass is 35.5. The van der Waals surface area contributed by atoms with Crippen LogP contribution in [-0.2, 0) is 14.3 Å². The first-order valence-corrected chi connectivity index (χ1v) is 11.1. The first-order valence-electron chi connectivity index (χ1n) is 10.7. The Morgan fingerprint density at radius 3 is 2.39 bits per heavy atom. The van der Waals surface area contributed by atoms with Crippen LogP contribution in [-0.4, -0.2) is 36.5 Å². The number of benzene rings is 2. The summed E-state index contributed by atoms with van der Waals surface area (Å²) in [5.74, 6) is -0.613. The molecule has 0 bridgehead atoms. The van der Waals surface area contributed by atoms with E-state index >= 15 is 0 Å². The number of aryl methyl sites for hydroxylation is 1. The molecule has 31 heavy (non-hydrogen) atoms. The van der Waals surface area contributed by atoms with E-state index in [0.29, 0.717) is 48.0 Å². The van der Waals surface area contributed by atoms with Crippen molar-refractivity contribution >= 4 is 34.7 Å². The summed E-state index contributed by atoms with van der Waals surface area (Å²) in [6.07, 6.45) is 2.68. The molecule has 164 valence electrons. The first kappa shape index (κ1) is 23.0. The molecule has 0 saturated heterocycles. The van der Waals surface area contributed by atoms with Gasteiger partial charge in [-0.25, -0.2) is 0 Å². The van der Waals surface area contributed by atoms with Crippen molar-refractivity contribution in [1.29, 1.82) is 0 Å². The Morgan fingerprint density at radius 1 is 0.968 bits per heavy atom. The molecule has 0 atom stereocenters. The maximum absolute atomic E-state index is 13.3. The highest BCUT2D eigenvalue weighted by Crippen LogP contribution is 2.32. The molecular weight excluding hydrogens is 412 g/mol. The minimum atomic E-state index is -0.315. The smallest absolute Gasteiger partial charge is 0.278 e. The highest BCUT2D eigenvalue weighted by molar-refractivity contribution is 6.37. The van der Waals surface area contributed by atoms with E-state index in [1.165, 1.54) is 4.90 Å². The lowest BCUT2D eigenvalue weighted by molar-refractivity contribution is -0.137. The normalized spacial score (nSPS) is 14.0. The summed E-state index contributed by atoms with van der Waals surface area (Å²) in [7, 11) is 0. The third-order valence-corrected chi connectivity index (χ3v) is 5.73. The Labute approximate surface area is 189 Å². The van der Waals surface area contributed by atoms with Crippen molar-refractivity contribution in [1.82, 2.24) is 4.90 Å². The fourth-order valence-corrected chi connectivity index (χ4v) is 3.60. The van der Waals surface area contributed by atoms with Crippen LogP contribution in [0.1, 0.15) is 42.9 Å². The molecular formula is C25H29ClN2O3. The van der Waals surface area contributed by atoms with Crippen LogP contribution in [0.25, 0.3) is 5.57 Å². The van der Waals surface area contributed by atoms with Gasteiger partial charge in [-0.05, 0) is 61.6 Å². The van der Waals surface area contributed by atoms with E-state index in [2.05, 4.69) is 12.2 Å². The molecule has 0 aliphatic carbocycles. The van der Waals surface area contributed by atoms with Gasteiger partial charge in [-0.1, -0.05) is 49.2 Å². The number of halogens is 1. The minimum Gasteiger partial charge on any atom is -0.381 e. The number of hydrogen-bond acceptors (Lipinski definition) is 4. The second-order valence-corrected chi connectivity index (χ2v) is 8.15. The number of hydrogen-bond donors (Lipinski definition) is 1. The van der Waals surface area contributed by atoms with E-state index in [-0.39, 0.29) is 11.8 Å². The summed E-state index contributed by atoms with van der Waals surface area (Å²) in [5.41, 5.74) is 4.29. The monoisotopic (exact) mass is 440 g/mol. The number of imide groups is 1. The van der Waals surface area contributed by atoms with Gasteiger partial charge in [-0.2, -0.15) is 0 Å². The van der Waals surface area contributed by atoms with Crippen LogP contribution < -0.4 is 5.32 Å². The van der Waals surface area contributed by atoms with Crippen LogP contribution in [0, 0.1) is 13.8 Å². The Hall–Kier alpha value is -2.63. The molecule has 0 unspecified atom stereocenters. The Balaban J connectivity index is 1.86. The number of ether oxygens (including phenoxy) is 1. The van der Waals surface area contributed by atoms with Crippen molar-refractivity contribution in [3.63, 3.8) is 0 Å². The quantitative estimate of drug-likeness (QED) is 0.399. The van der Waals surface area contributed by atoms with Crippen LogP contribution in [0.4, 0.5) is 5.69 Å². The third kappa shape index (κ3) is 5.35. The highest BCUT2D eigenvalue weighted by Gasteiger charge is 2.39. The lowest BCUT2D eigenvalue weighted by Crippen LogP contribution is -2.34. The van der Waals surface area contributed by atoms with Gasteiger partial charge in [0.15, 0.2) is 0 Å². The van der Waals surface area contributed by atoms with Crippen molar-refractivity contribution in [2.24, 2.45) is 0 Å². The number of nitrogens with one attached hydrogen (secondary N) is 1. The molecule has 0 fully saturated rings. The number of carbonyl (C=O) groups is 2. The van der Waals surface area contributed by atoms with Gasteiger partial charge >= 0.3 is 0 Å². The van der Waals surface area contributed by atoms with Crippen LogP contribution in [0.3, 0.4) is 0 Å². The summed E-state index contributed by atoms with van der Waals surface area (Å²) in [4.78, 5) is 27.8. The largest absolute Gasteiger partial charge is 0.381 e. The number of rotatable bonds is 10. The number of nitrogens with zero attached hydrogens (tertiary/aromatic N) is 1. The summed E-state index contributed by atoms with van der Waals surface area (Å²) < 4.78 is 5.59. The lowest BCUT2D eigenvalue weighted by Gasteiger charge is -2.16. The van der Waals surface area contributed by atoms with Crippen LogP contribution >= 0.6 is 11.6 Å². The van der Waals surface area contributed by atoms with Crippen molar-refractivity contribution in [2.45, 2.75) is 40.0 Å². The summed E-state index contributed by atoms with van der Waals surface area (Å²) in [6, 6.07) is 12.8. The van der Waals surface area contributed by atoms with Crippen molar-refractivity contribution in [3.8, 4) is 0 Å². The molecule has 0 aromatic heterocycles. The van der Waals surface area contributed by atoms with E-state index in [4.69, 9.17) is 16.3 Å². The molecule has 6 heteroatoms.